The third-order valence-electron chi connectivity index (χ3n) is 8.10. The number of hydrogen-bond donors (Lipinski definition) is 3. The molecule has 2 bridgehead atoms. The number of rotatable bonds is 8. The molecular formula is C30H34N4O6. The number of nitrogens with zero attached hydrogens (tertiary/aromatic N) is 2. The predicted molar refractivity (Wildman–Crippen MR) is 145 cm³/mol. The Morgan fingerprint density at radius 2 is 1.98 bits per heavy atom. The third kappa shape index (κ3) is 5.89. The molecule has 2 amide bonds. The number of aromatic nitrogens is 1. The number of ether oxygens (including phenoxy) is 2. The topological polar surface area (TPSA) is 126 Å². The molecule has 0 spiro atoms. The number of carbonyl (C=O) groups is 2. The molecule has 4 atom stereocenters. The van der Waals surface area contributed by atoms with Crippen molar-refractivity contribution in [1.82, 2.24) is 20.5 Å². The Hall–Kier alpha value is -3.73. The highest BCUT2D eigenvalue weighted by molar-refractivity contribution is 5.98. The largest absolute Gasteiger partial charge is 0.486 e. The van der Waals surface area contributed by atoms with E-state index < -0.39 is 6.10 Å². The Morgan fingerprint density at radius 3 is 2.80 bits per heavy atom. The summed E-state index contributed by atoms with van der Waals surface area (Å²) < 4.78 is 16.7. The summed E-state index contributed by atoms with van der Waals surface area (Å²) in [6.45, 7) is 3.04. The molecule has 2 unspecified atom stereocenters. The fourth-order valence-corrected chi connectivity index (χ4v) is 5.75. The molecule has 10 heteroatoms. The molecule has 4 aliphatic heterocycles. The van der Waals surface area contributed by atoms with Crippen molar-refractivity contribution < 1.29 is 28.6 Å². The van der Waals surface area contributed by atoms with Crippen LogP contribution < -0.4 is 15.4 Å². The minimum atomic E-state index is -0.763. The first-order chi connectivity index (χ1) is 19.5. The van der Waals surface area contributed by atoms with Gasteiger partial charge in [0, 0.05) is 36.8 Å². The van der Waals surface area contributed by atoms with Crippen molar-refractivity contribution in [1.29, 1.82) is 0 Å². The lowest BCUT2D eigenvalue weighted by atomic mass is 9.92. The van der Waals surface area contributed by atoms with Crippen LogP contribution >= 0.6 is 0 Å². The van der Waals surface area contributed by atoms with Gasteiger partial charge in [0.2, 0.25) is 0 Å². The summed E-state index contributed by atoms with van der Waals surface area (Å²) in [5, 5.41) is 17.0. The number of aliphatic hydroxyl groups excluding tert-OH is 1. The Bertz CT molecular complexity index is 1320. The van der Waals surface area contributed by atoms with E-state index in [-0.39, 0.29) is 30.4 Å². The van der Waals surface area contributed by atoms with Gasteiger partial charge < -0.3 is 34.5 Å². The summed E-state index contributed by atoms with van der Waals surface area (Å²) in [6.07, 6.45) is 4.94. The maximum Gasteiger partial charge on any atom is 0.254 e. The van der Waals surface area contributed by atoms with Gasteiger partial charge in [-0.1, -0.05) is 6.07 Å². The molecule has 2 aromatic carbocycles. The summed E-state index contributed by atoms with van der Waals surface area (Å²) in [5.74, 6) is 1.49. The zero-order chi connectivity index (χ0) is 27.5. The van der Waals surface area contributed by atoms with Crippen molar-refractivity contribution in [3.63, 3.8) is 0 Å². The predicted octanol–water partition coefficient (Wildman–Crippen LogP) is 2.31. The lowest BCUT2D eigenvalue weighted by Gasteiger charge is -2.35. The molecule has 210 valence electrons. The van der Waals surface area contributed by atoms with Crippen LogP contribution in [0.4, 0.5) is 0 Å². The highest BCUT2D eigenvalue weighted by atomic mass is 16.5. The molecule has 3 N–H and O–H groups in total. The number of carbonyl (C=O) groups excluding carboxylic acids is 2. The van der Waals surface area contributed by atoms with E-state index >= 15 is 0 Å². The van der Waals surface area contributed by atoms with E-state index in [1.54, 1.807) is 30.5 Å². The fraction of sp³-hybridized carbons (Fsp3) is 0.433. The van der Waals surface area contributed by atoms with Gasteiger partial charge >= 0.3 is 0 Å². The van der Waals surface area contributed by atoms with Crippen LogP contribution in [0, 0.1) is 5.92 Å². The van der Waals surface area contributed by atoms with Crippen LogP contribution in [0.15, 0.2) is 59.5 Å². The number of hydrogen-bond acceptors (Lipinski definition) is 8. The van der Waals surface area contributed by atoms with E-state index in [1.807, 2.05) is 23.1 Å². The average Bonchev–Trinajstić information content (AvgIpc) is 3.32. The molecule has 0 aliphatic carbocycles. The van der Waals surface area contributed by atoms with Crippen LogP contribution in [0.2, 0.25) is 0 Å². The lowest BCUT2D eigenvalue weighted by molar-refractivity contribution is 0.0559. The number of amides is 2. The first-order valence-corrected chi connectivity index (χ1v) is 13.8. The van der Waals surface area contributed by atoms with Crippen molar-refractivity contribution in [2.45, 2.75) is 50.6 Å². The van der Waals surface area contributed by atoms with Crippen molar-refractivity contribution in [2.24, 2.45) is 5.92 Å². The highest BCUT2D eigenvalue weighted by Crippen LogP contribution is 2.28. The third-order valence-corrected chi connectivity index (χ3v) is 8.10. The Morgan fingerprint density at radius 1 is 1.12 bits per heavy atom. The quantitative estimate of drug-likeness (QED) is 0.393. The lowest BCUT2D eigenvalue weighted by Crippen LogP contribution is -2.49. The summed E-state index contributed by atoms with van der Waals surface area (Å²) in [7, 11) is 0. The number of fused-ring (bicyclic) bond motifs is 5. The van der Waals surface area contributed by atoms with Crippen LogP contribution in [0.1, 0.15) is 50.4 Å². The number of nitrogens with one attached hydrogen (secondary N) is 2. The first-order valence-electron chi connectivity index (χ1n) is 13.8. The van der Waals surface area contributed by atoms with Gasteiger partial charge in [0.1, 0.15) is 12.4 Å². The van der Waals surface area contributed by atoms with E-state index in [4.69, 9.17) is 13.9 Å². The summed E-state index contributed by atoms with van der Waals surface area (Å²) in [6, 6.07) is 12.6. The van der Waals surface area contributed by atoms with Crippen molar-refractivity contribution >= 4 is 11.8 Å². The van der Waals surface area contributed by atoms with Gasteiger partial charge in [0.05, 0.1) is 31.6 Å². The van der Waals surface area contributed by atoms with Crippen LogP contribution in [0.5, 0.6) is 5.75 Å². The van der Waals surface area contributed by atoms with Crippen molar-refractivity contribution in [2.75, 3.05) is 26.3 Å². The van der Waals surface area contributed by atoms with Crippen molar-refractivity contribution in [3.8, 4) is 5.75 Å². The number of oxazole rings is 1. The molecule has 3 aromatic rings. The average molecular weight is 547 g/mol. The molecule has 0 saturated carbocycles. The highest BCUT2D eigenvalue weighted by Gasteiger charge is 2.35. The summed E-state index contributed by atoms with van der Waals surface area (Å²) in [5.41, 5.74) is 3.26. The zero-order valence-electron chi connectivity index (χ0n) is 22.3. The van der Waals surface area contributed by atoms with Gasteiger partial charge in [-0.15, -0.1) is 0 Å². The maximum absolute atomic E-state index is 13.1. The van der Waals surface area contributed by atoms with Gasteiger partial charge in [-0.2, -0.15) is 0 Å². The first kappa shape index (κ1) is 26.5. The van der Waals surface area contributed by atoms with Gasteiger partial charge in [-0.05, 0) is 72.7 Å². The minimum absolute atomic E-state index is 0.0141. The SMILES string of the molecule is O=C(NC[C@@H](O)[C@@H]1Cc2ccc(OCc3cnco3)cc2CN1)c1ccc(C(=O)N2CC3CCC2COC3)cc1. The Kier molecular flexibility index (Phi) is 7.81. The summed E-state index contributed by atoms with van der Waals surface area (Å²) in [4.78, 5) is 31.7. The van der Waals surface area contributed by atoms with E-state index in [0.29, 0.717) is 49.0 Å². The van der Waals surface area contributed by atoms with Crippen LogP contribution in [0.25, 0.3) is 0 Å². The molecule has 3 saturated heterocycles. The molecule has 10 nitrogen and oxygen atoms in total. The fourth-order valence-electron chi connectivity index (χ4n) is 5.75. The van der Waals surface area contributed by atoms with Crippen LogP contribution in [-0.4, -0.2) is 71.3 Å². The molecule has 3 fully saturated rings. The van der Waals surface area contributed by atoms with E-state index in [1.165, 1.54) is 6.39 Å². The molecule has 1 aromatic heterocycles. The Balaban J connectivity index is 0.989. The smallest absolute Gasteiger partial charge is 0.254 e. The second-order valence-electron chi connectivity index (χ2n) is 10.8. The second kappa shape index (κ2) is 11.8. The van der Waals surface area contributed by atoms with Crippen LogP contribution in [-0.2, 0) is 24.3 Å². The van der Waals surface area contributed by atoms with Gasteiger partial charge in [0.15, 0.2) is 12.2 Å². The molecule has 7 rings (SSSR count). The number of benzene rings is 2. The summed E-state index contributed by atoms with van der Waals surface area (Å²) >= 11 is 0. The van der Waals surface area contributed by atoms with E-state index in [2.05, 4.69) is 15.6 Å². The maximum atomic E-state index is 13.1. The monoisotopic (exact) mass is 546 g/mol. The Labute approximate surface area is 232 Å². The van der Waals surface area contributed by atoms with Gasteiger partial charge in [-0.25, -0.2) is 4.98 Å². The van der Waals surface area contributed by atoms with Crippen LogP contribution in [0.3, 0.4) is 0 Å². The second-order valence-corrected chi connectivity index (χ2v) is 10.8. The van der Waals surface area contributed by atoms with Gasteiger partial charge in [0.25, 0.3) is 11.8 Å². The van der Waals surface area contributed by atoms with E-state index in [9.17, 15) is 14.7 Å². The van der Waals surface area contributed by atoms with Gasteiger partial charge in [-0.3, -0.25) is 9.59 Å². The standard InChI is InChI=1S/C30H34N4O6/c35-28(27-10-22-6-8-25(9-23(22)11-32-27)39-17-26-12-31-18-40-26)13-33-29(36)20-2-4-21(5-3-20)30(37)34-14-19-1-7-24(34)16-38-15-19/h2-6,8-9,12,18-19,24,27-28,32,35H,1,7,10-11,13-17H2,(H,33,36)/t19?,24?,27-,28+/m0/s1. The molecule has 0 radical (unpaired) electrons. The molecule has 5 heterocycles. The normalized spacial score (nSPS) is 22.7. The number of aliphatic hydroxyl groups is 1. The number of piperidine rings is 1. The molecular weight excluding hydrogens is 512 g/mol. The molecule has 4 aliphatic rings. The van der Waals surface area contributed by atoms with Crippen molar-refractivity contribution in [3.05, 3.63) is 83.1 Å². The zero-order valence-corrected chi connectivity index (χ0v) is 22.3. The van der Waals surface area contributed by atoms with E-state index in [0.717, 1.165) is 42.9 Å². The molecule has 40 heavy (non-hydrogen) atoms. The minimum Gasteiger partial charge on any atom is -0.486 e.